The number of rotatable bonds is 4. The van der Waals surface area contributed by atoms with E-state index in [1.165, 1.54) is 19.4 Å². The van der Waals surface area contributed by atoms with Gasteiger partial charge in [0, 0.05) is 18.9 Å². The van der Waals surface area contributed by atoms with Crippen molar-refractivity contribution < 1.29 is 14.3 Å². The molecular formula is C10H13N3O3. The molecule has 1 heterocycles. The third kappa shape index (κ3) is 3.23. The van der Waals surface area contributed by atoms with Crippen molar-refractivity contribution in [2.75, 3.05) is 26.0 Å². The van der Waals surface area contributed by atoms with Crippen LogP contribution in [0.25, 0.3) is 0 Å². The van der Waals surface area contributed by atoms with E-state index >= 15 is 0 Å². The summed E-state index contributed by atoms with van der Waals surface area (Å²) in [5.74, 6) is -0.653. The zero-order chi connectivity index (χ0) is 12.0. The SMILES string of the molecule is CNC(=O)CNc1ccnc(C(=O)OC)c1. The van der Waals surface area contributed by atoms with Crippen molar-refractivity contribution in [3.05, 3.63) is 24.0 Å². The number of aromatic nitrogens is 1. The molecule has 86 valence electrons. The van der Waals surface area contributed by atoms with E-state index in [1.807, 2.05) is 0 Å². The van der Waals surface area contributed by atoms with E-state index < -0.39 is 5.97 Å². The predicted octanol–water partition coefficient (Wildman–Crippen LogP) is 0.0261. The van der Waals surface area contributed by atoms with Crippen LogP contribution in [-0.4, -0.2) is 37.6 Å². The molecule has 1 aromatic rings. The summed E-state index contributed by atoms with van der Waals surface area (Å²) >= 11 is 0. The van der Waals surface area contributed by atoms with Crippen molar-refractivity contribution in [2.45, 2.75) is 0 Å². The van der Waals surface area contributed by atoms with Gasteiger partial charge in [0.05, 0.1) is 13.7 Å². The number of ether oxygens (including phenoxy) is 1. The first-order valence-corrected chi connectivity index (χ1v) is 4.66. The van der Waals surface area contributed by atoms with Crippen LogP contribution < -0.4 is 10.6 Å². The Morgan fingerprint density at radius 2 is 2.25 bits per heavy atom. The fourth-order valence-corrected chi connectivity index (χ4v) is 1.03. The molecular weight excluding hydrogens is 210 g/mol. The van der Waals surface area contributed by atoms with E-state index in [0.29, 0.717) is 5.69 Å². The number of nitrogens with one attached hydrogen (secondary N) is 2. The lowest BCUT2D eigenvalue weighted by Gasteiger charge is -2.06. The van der Waals surface area contributed by atoms with Crippen molar-refractivity contribution in [3.63, 3.8) is 0 Å². The second-order valence-electron chi connectivity index (χ2n) is 2.95. The second kappa shape index (κ2) is 5.69. The summed E-state index contributed by atoms with van der Waals surface area (Å²) < 4.78 is 4.53. The van der Waals surface area contributed by atoms with E-state index in [4.69, 9.17) is 0 Å². The maximum atomic E-state index is 11.2. The van der Waals surface area contributed by atoms with Gasteiger partial charge in [0.2, 0.25) is 5.91 Å². The molecule has 0 aliphatic rings. The summed E-state index contributed by atoms with van der Waals surface area (Å²) in [5.41, 5.74) is 0.836. The highest BCUT2D eigenvalue weighted by atomic mass is 16.5. The minimum absolute atomic E-state index is 0.140. The lowest BCUT2D eigenvalue weighted by molar-refractivity contribution is -0.118. The van der Waals surface area contributed by atoms with Crippen LogP contribution in [0, 0.1) is 0 Å². The molecule has 16 heavy (non-hydrogen) atoms. The van der Waals surface area contributed by atoms with Crippen LogP contribution in [0.3, 0.4) is 0 Å². The number of carbonyl (C=O) groups is 2. The highest BCUT2D eigenvalue weighted by Crippen LogP contribution is 2.08. The van der Waals surface area contributed by atoms with Crippen LogP contribution in [0.1, 0.15) is 10.5 Å². The zero-order valence-corrected chi connectivity index (χ0v) is 9.11. The van der Waals surface area contributed by atoms with Gasteiger partial charge in [-0.05, 0) is 12.1 Å². The number of amides is 1. The fraction of sp³-hybridized carbons (Fsp3) is 0.300. The van der Waals surface area contributed by atoms with E-state index in [-0.39, 0.29) is 18.1 Å². The average molecular weight is 223 g/mol. The van der Waals surface area contributed by atoms with Crippen LogP contribution in [0.4, 0.5) is 5.69 Å². The summed E-state index contributed by atoms with van der Waals surface area (Å²) in [7, 11) is 2.84. The van der Waals surface area contributed by atoms with Gasteiger partial charge in [-0.3, -0.25) is 4.79 Å². The fourth-order valence-electron chi connectivity index (χ4n) is 1.03. The van der Waals surface area contributed by atoms with Crippen LogP contribution in [-0.2, 0) is 9.53 Å². The maximum absolute atomic E-state index is 11.2. The highest BCUT2D eigenvalue weighted by molar-refractivity contribution is 5.88. The molecule has 0 saturated heterocycles. The van der Waals surface area contributed by atoms with Crippen LogP contribution >= 0.6 is 0 Å². The van der Waals surface area contributed by atoms with Crippen molar-refractivity contribution in [1.82, 2.24) is 10.3 Å². The number of hydrogen-bond acceptors (Lipinski definition) is 5. The van der Waals surface area contributed by atoms with Crippen molar-refractivity contribution in [3.8, 4) is 0 Å². The minimum atomic E-state index is -0.511. The number of carbonyl (C=O) groups excluding carboxylic acids is 2. The monoisotopic (exact) mass is 223 g/mol. The molecule has 0 saturated carbocycles. The van der Waals surface area contributed by atoms with Gasteiger partial charge in [-0.1, -0.05) is 0 Å². The zero-order valence-electron chi connectivity index (χ0n) is 9.11. The molecule has 0 aliphatic heterocycles. The number of likely N-dealkylation sites (N-methyl/N-ethyl adjacent to an activating group) is 1. The molecule has 1 amide bonds. The molecule has 0 aromatic carbocycles. The molecule has 0 spiro atoms. The average Bonchev–Trinajstić information content (AvgIpc) is 2.35. The molecule has 0 atom stereocenters. The number of anilines is 1. The van der Waals surface area contributed by atoms with Gasteiger partial charge in [0.1, 0.15) is 5.69 Å². The molecule has 1 rings (SSSR count). The van der Waals surface area contributed by atoms with Crippen LogP contribution in [0.15, 0.2) is 18.3 Å². The third-order valence-corrected chi connectivity index (χ3v) is 1.89. The maximum Gasteiger partial charge on any atom is 0.356 e. The molecule has 0 unspecified atom stereocenters. The smallest absolute Gasteiger partial charge is 0.356 e. The predicted molar refractivity (Wildman–Crippen MR) is 58.1 cm³/mol. The number of hydrogen-bond donors (Lipinski definition) is 2. The molecule has 0 bridgehead atoms. The van der Waals surface area contributed by atoms with E-state index in [1.54, 1.807) is 13.1 Å². The normalized spacial score (nSPS) is 9.38. The van der Waals surface area contributed by atoms with Gasteiger partial charge in [0.25, 0.3) is 0 Å². The Labute approximate surface area is 93.0 Å². The lowest BCUT2D eigenvalue weighted by atomic mass is 10.3. The summed E-state index contributed by atoms with van der Waals surface area (Å²) in [6.07, 6.45) is 1.47. The van der Waals surface area contributed by atoms with E-state index in [9.17, 15) is 9.59 Å². The lowest BCUT2D eigenvalue weighted by Crippen LogP contribution is -2.26. The van der Waals surface area contributed by atoms with Gasteiger partial charge in [0.15, 0.2) is 0 Å². The Balaban J connectivity index is 2.67. The van der Waals surface area contributed by atoms with Crippen molar-refractivity contribution >= 4 is 17.6 Å². The molecule has 1 aromatic heterocycles. The minimum Gasteiger partial charge on any atom is -0.464 e. The van der Waals surface area contributed by atoms with Gasteiger partial charge < -0.3 is 15.4 Å². The Kier molecular flexibility index (Phi) is 4.26. The molecule has 6 heteroatoms. The second-order valence-corrected chi connectivity index (χ2v) is 2.95. The number of pyridine rings is 1. The quantitative estimate of drug-likeness (QED) is 0.704. The largest absolute Gasteiger partial charge is 0.464 e. The number of esters is 1. The van der Waals surface area contributed by atoms with Crippen LogP contribution in [0.5, 0.6) is 0 Å². The van der Waals surface area contributed by atoms with Gasteiger partial charge in [-0.25, -0.2) is 9.78 Å². The highest BCUT2D eigenvalue weighted by Gasteiger charge is 2.07. The van der Waals surface area contributed by atoms with Crippen molar-refractivity contribution in [1.29, 1.82) is 0 Å². The first-order valence-electron chi connectivity index (χ1n) is 4.66. The summed E-state index contributed by atoms with van der Waals surface area (Å²) in [4.78, 5) is 26.0. The third-order valence-electron chi connectivity index (χ3n) is 1.89. The van der Waals surface area contributed by atoms with Crippen LogP contribution in [0.2, 0.25) is 0 Å². The Bertz CT molecular complexity index is 393. The van der Waals surface area contributed by atoms with Gasteiger partial charge >= 0.3 is 5.97 Å². The summed E-state index contributed by atoms with van der Waals surface area (Å²) in [6, 6.07) is 3.18. The Hall–Kier alpha value is -2.11. The van der Waals surface area contributed by atoms with E-state index in [2.05, 4.69) is 20.4 Å². The number of nitrogens with zero attached hydrogens (tertiary/aromatic N) is 1. The molecule has 0 aliphatic carbocycles. The Morgan fingerprint density at radius 1 is 1.50 bits per heavy atom. The molecule has 2 N–H and O–H groups in total. The topological polar surface area (TPSA) is 80.3 Å². The molecule has 6 nitrogen and oxygen atoms in total. The standard InChI is InChI=1S/C10H13N3O3/c1-11-9(14)6-13-7-3-4-12-8(5-7)10(15)16-2/h3-5H,6H2,1-2H3,(H,11,14)(H,12,13). The molecule has 0 fully saturated rings. The molecule has 0 radical (unpaired) electrons. The Morgan fingerprint density at radius 3 is 2.88 bits per heavy atom. The number of methoxy groups -OCH3 is 1. The summed E-state index contributed by atoms with van der Waals surface area (Å²) in [6.45, 7) is 0.140. The van der Waals surface area contributed by atoms with E-state index in [0.717, 1.165) is 0 Å². The summed E-state index contributed by atoms with van der Waals surface area (Å²) in [5, 5.41) is 5.33. The van der Waals surface area contributed by atoms with Gasteiger partial charge in [-0.15, -0.1) is 0 Å². The first-order chi connectivity index (χ1) is 7.67. The van der Waals surface area contributed by atoms with Crippen molar-refractivity contribution in [2.24, 2.45) is 0 Å². The van der Waals surface area contributed by atoms with Gasteiger partial charge in [-0.2, -0.15) is 0 Å². The first kappa shape index (κ1) is 12.0.